The van der Waals surface area contributed by atoms with Crippen molar-refractivity contribution in [1.82, 2.24) is 0 Å². The summed E-state index contributed by atoms with van der Waals surface area (Å²) in [6.07, 6.45) is 0. The normalized spacial score (nSPS) is 11.1. The molecule has 22 heavy (non-hydrogen) atoms. The molecule has 1 unspecified atom stereocenters. The van der Waals surface area contributed by atoms with Crippen molar-refractivity contribution >= 4 is 38.8 Å². The van der Waals surface area contributed by atoms with Gasteiger partial charge in [0.25, 0.3) is 0 Å². The second kappa shape index (κ2) is 6.76. The standard InChI is InChI=1S/C17H18AsClO3/c1-17(2,3)22-16(20)11-4-7-13(8-5-11)21-15-9-6-12(18)10-14(15)19/h4-10H,18H2,1-3H3. The molecule has 0 aromatic heterocycles. The number of hydrogen-bond donors (Lipinski definition) is 0. The molecule has 0 saturated heterocycles. The molecule has 0 aliphatic carbocycles. The quantitative estimate of drug-likeness (QED) is 0.605. The molecule has 2 aromatic carbocycles. The first-order chi connectivity index (χ1) is 10.2. The van der Waals surface area contributed by atoms with Crippen LogP contribution in [0.2, 0.25) is 5.02 Å². The van der Waals surface area contributed by atoms with Gasteiger partial charge in [-0.2, -0.15) is 0 Å². The van der Waals surface area contributed by atoms with Gasteiger partial charge in [-0.3, -0.25) is 0 Å². The van der Waals surface area contributed by atoms with Gasteiger partial charge >= 0.3 is 123 Å². The van der Waals surface area contributed by atoms with E-state index in [9.17, 15) is 4.79 Å². The van der Waals surface area contributed by atoms with Crippen molar-refractivity contribution in [3.8, 4) is 11.5 Å². The van der Waals surface area contributed by atoms with Crippen LogP contribution in [0, 0.1) is 0 Å². The fraction of sp³-hybridized carbons (Fsp3) is 0.235. The molecule has 0 spiro atoms. The van der Waals surface area contributed by atoms with Gasteiger partial charge in [-0.05, 0) is 20.8 Å². The van der Waals surface area contributed by atoms with Gasteiger partial charge in [0.05, 0.1) is 0 Å². The van der Waals surface area contributed by atoms with Crippen LogP contribution in [0.4, 0.5) is 0 Å². The van der Waals surface area contributed by atoms with Crippen LogP contribution in [0.3, 0.4) is 0 Å². The van der Waals surface area contributed by atoms with Crippen molar-refractivity contribution < 1.29 is 14.3 Å². The molecule has 5 heteroatoms. The Morgan fingerprint density at radius 3 is 2.27 bits per heavy atom. The van der Waals surface area contributed by atoms with Crippen molar-refractivity contribution in [2.24, 2.45) is 0 Å². The number of ether oxygens (including phenoxy) is 2. The number of hydrogen-bond acceptors (Lipinski definition) is 3. The van der Waals surface area contributed by atoms with Crippen LogP contribution in [0.5, 0.6) is 11.5 Å². The van der Waals surface area contributed by atoms with Crippen molar-refractivity contribution in [2.75, 3.05) is 0 Å². The molecule has 0 radical (unpaired) electrons. The Bertz CT molecular complexity index is 675. The van der Waals surface area contributed by atoms with E-state index in [2.05, 4.69) is 0 Å². The van der Waals surface area contributed by atoms with Crippen LogP contribution in [-0.2, 0) is 4.74 Å². The van der Waals surface area contributed by atoms with Gasteiger partial charge in [-0.25, -0.2) is 0 Å². The molecule has 2 rings (SSSR count). The third-order valence-corrected chi connectivity index (χ3v) is 3.72. The minimum atomic E-state index is -0.511. The molecule has 0 heterocycles. The Balaban J connectivity index is 2.10. The van der Waals surface area contributed by atoms with Crippen LogP contribution in [0.15, 0.2) is 42.5 Å². The van der Waals surface area contributed by atoms with Crippen LogP contribution in [0.25, 0.3) is 0 Å². The molecule has 0 aliphatic rings. The maximum absolute atomic E-state index is 11.9. The van der Waals surface area contributed by atoms with Gasteiger partial charge in [0.2, 0.25) is 0 Å². The van der Waals surface area contributed by atoms with Gasteiger partial charge in [0.15, 0.2) is 0 Å². The van der Waals surface area contributed by atoms with Crippen molar-refractivity contribution in [1.29, 1.82) is 0 Å². The Hall–Kier alpha value is -1.44. The number of benzene rings is 2. The molecule has 0 aliphatic heterocycles. The predicted molar refractivity (Wildman–Crippen MR) is 91.3 cm³/mol. The van der Waals surface area contributed by atoms with E-state index >= 15 is 0 Å². The molecule has 3 nitrogen and oxygen atoms in total. The fourth-order valence-electron chi connectivity index (χ4n) is 1.72. The molecular weight excluding hydrogens is 363 g/mol. The Morgan fingerprint density at radius 1 is 1.09 bits per heavy atom. The summed E-state index contributed by atoms with van der Waals surface area (Å²) in [6.45, 7) is 5.51. The van der Waals surface area contributed by atoms with Gasteiger partial charge in [-0.1, -0.05) is 0 Å². The van der Waals surface area contributed by atoms with Crippen LogP contribution >= 0.6 is 11.6 Å². The maximum atomic E-state index is 11.9. The Morgan fingerprint density at radius 2 is 1.73 bits per heavy atom. The molecule has 116 valence electrons. The van der Waals surface area contributed by atoms with E-state index in [1.54, 1.807) is 24.3 Å². The van der Waals surface area contributed by atoms with Crippen molar-refractivity contribution in [3.05, 3.63) is 53.1 Å². The second-order valence-corrected chi connectivity index (χ2v) is 7.62. The summed E-state index contributed by atoms with van der Waals surface area (Å²) in [5.74, 6) is 0.853. The first-order valence-electron chi connectivity index (χ1n) is 6.81. The Labute approximate surface area is 144 Å². The van der Waals surface area contributed by atoms with Gasteiger partial charge in [-0.15, -0.1) is 0 Å². The summed E-state index contributed by atoms with van der Waals surface area (Å²) in [5.41, 5.74) is -0.0247. The van der Waals surface area contributed by atoms with Gasteiger partial charge in [0.1, 0.15) is 0 Å². The summed E-state index contributed by atoms with van der Waals surface area (Å²) in [7, 11) is 0. The van der Waals surface area contributed by atoms with E-state index in [4.69, 9.17) is 21.1 Å². The molecule has 0 fully saturated rings. The van der Waals surface area contributed by atoms with Crippen LogP contribution in [-0.4, -0.2) is 28.4 Å². The third-order valence-electron chi connectivity index (χ3n) is 2.67. The SMILES string of the molecule is CC(C)(C)OC(=O)c1ccc(Oc2ccc([AsH2])cc2Cl)cc1. The zero-order valence-corrected chi connectivity index (χ0v) is 15.9. The fourth-order valence-corrected chi connectivity index (χ4v) is 2.72. The molecule has 1 atom stereocenters. The number of rotatable bonds is 3. The van der Waals surface area contributed by atoms with E-state index in [1.165, 1.54) is 16.9 Å². The average molecular weight is 381 g/mol. The van der Waals surface area contributed by atoms with Crippen LogP contribution in [0.1, 0.15) is 31.1 Å². The number of halogens is 1. The summed E-state index contributed by atoms with van der Waals surface area (Å²) in [5, 5.41) is 0.568. The van der Waals surface area contributed by atoms with Gasteiger partial charge < -0.3 is 0 Å². The van der Waals surface area contributed by atoms with E-state index in [-0.39, 0.29) is 5.97 Å². The van der Waals surface area contributed by atoms with E-state index in [1.807, 2.05) is 39.0 Å². The molecular formula is C17H18AsClO3. The summed E-state index contributed by atoms with van der Waals surface area (Å²) < 4.78 is 12.2. The number of esters is 1. The van der Waals surface area contributed by atoms with E-state index in [0.717, 1.165) is 4.35 Å². The number of carbonyl (C=O) groups is 1. The summed E-state index contributed by atoms with van der Waals surface area (Å²) in [4.78, 5) is 11.9. The van der Waals surface area contributed by atoms with Gasteiger partial charge in [0, 0.05) is 0 Å². The monoisotopic (exact) mass is 380 g/mol. The number of carbonyl (C=O) groups excluding carboxylic acids is 1. The van der Waals surface area contributed by atoms with E-state index < -0.39 is 5.60 Å². The van der Waals surface area contributed by atoms with Crippen LogP contribution < -0.4 is 9.09 Å². The third kappa shape index (κ3) is 4.79. The first-order valence-corrected chi connectivity index (χ1v) is 8.40. The second-order valence-electron chi connectivity index (χ2n) is 5.82. The minimum absolute atomic E-state index is 0.352. The summed E-state index contributed by atoms with van der Waals surface area (Å²) in [6, 6.07) is 12.4. The summed E-state index contributed by atoms with van der Waals surface area (Å²) >= 11 is 7.65. The first kappa shape index (κ1) is 16.9. The topological polar surface area (TPSA) is 35.5 Å². The Kier molecular flexibility index (Phi) is 5.20. The van der Waals surface area contributed by atoms with E-state index in [0.29, 0.717) is 22.1 Å². The molecule has 0 saturated carbocycles. The molecule has 0 bridgehead atoms. The molecule has 2 aromatic rings. The molecule has 0 amide bonds. The molecule has 0 N–H and O–H groups in total. The zero-order valence-electron chi connectivity index (χ0n) is 12.7. The zero-order chi connectivity index (χ0) is 16.3. The van der Waals surface area contributed by atoms with Crippen molar-refractivity contribution in [3.63, 3.8) is 0 Å². The van der Waals surface area contributed by atoms with Crippen molar-refractivity contribution in [2.45, 2.75) is 26.4 Å². The predicted octanol–water partition coefficient (Wildman–Crippen LogP) is 3.35. The average Bonchev–Trinajstić information content (AvgIpc) is 2.41.